The van der Waals surface area contributed by atoms with Gasteiger partial charge in [-0.2, -0.15) is 0 Å². The lowest BCUT2D eigenvalue weighted by molar-refractivity contribution is 0.443. The van der Waals surface area contributed by atoms with Gasteiger partial charge in [0.05, 0.1) is 0 Å². The lowest BCUT2D eigenvalue weighted by Gasteiger charge is -2.32. The summed E-state index contributed by atoms with van der Waals surface area (Å²) in [5.41, 5.74) is 0. The Hall–Kier alpha value is -0.870. The molecule has 1 atom stereocenters. The Bertz CT molecular complexity index is 325. The first-order valence-electron chi connectivity index (χ1n) is 5.18. The van der Waals surface area contributed by atoms with Gasteiger partial charge in [-0.05, 0) is 19.4 Å². The molecule has 15 heavy (non-hydrogen) atoms. The minimum absolute atomic E-state index is 0.496. The molecule has 0 aromatic carbocycles. The molecule has 0 saturated carbocycles. The van der Waals surface area contributed by atoms with Gasteiger partial charge in [-0.15, -0.1) is 0 Å². The molecular weight excluding hydrogens is 212 g/mol. The van der Waals surface area contributed by atoms with E-state index < -0.39 is 0 Å². The third-order valence-electron chi connectivity index (χ3n) is 2.80. The average Bonchev–Trinajstić information content (AvgIpc) is 2.29. The summed E-state index contributed by atoms with van der Waals surface area (Å²) in [5, 5.41) is 3.88. The van der Waals surface area contributed by atoms with Crippen molar-refractivity contribution in [1.29, 1.82) is 0 Å². The Morgan fingerprint density at radius 2 is 2.40 bits per heavy atom. The van der Waals surface area contributed by atoms with Crippen LogP contribution in [0.2, 0.25) is 5.15 Å². The fourth-order valence-corrected chi connectivity index (χ4v) is 2.01. The number of hydrogen-bond acceptors (Lipinski definition) is 4. The Morgan fingerprint density at radius 1 is 1.53 bits per heavy atom. The van der Waals surface area contributed by atoms with Crippen LogP contribution in [-0.4, -0.2) is 36.1 Å². The highest BCUT2D eigenvalue weighted by Gasteiger charge is 2.18. The van der Waals surface area contributed by atoms with Gasteiger partial charge in [0.15, 0.2) is 0 Å². The number of piperidine rings is 1. The first-order valence-corrected chi connectivity index (χ1v) is 5.56. The van der Waals surface area contributed by atoms with E-state index in [1.165, 1.54) is 19.2 Å². The predicted octanol–water partition coefficient (Wildman–Crippen LogP) is 1.32. The van der Waals surface area contributed by atoms with Crippen molar-refractivity contribution in [2.45, 2.75) is 18.9 Å². The van der Waals surface area contributed by atoms with E-state index in [0.29, 0.717) is 11.2 Å². The molecule has 0 aliphatic carbocycles. The summed E-state index contributed by atoms with van der Waals surface area (Å²) in [6.07, 6.45) is 3.92. The second-order valence-corrected chi connectivity index (χ2v) is 4.20. The van der Waals surface area contributed by atoms with Crippen LogP contribution in [0, 0.1) is 0 Å². The largest absolute Gasteiger partial charge is 0.355 e. The lowest BCUT2D eigenvalue weighted by Crippen LogP contribution is -2.44. The Kier molecular flexibility index (Phi) is 3.38. The number of nitrogens with zero attached hydrogens (tertiary/aromatic N) is 3. The second kappa shape index (κ2) is 4.77. The molecule has 1 saturated heterocycles. The Balaban J connectivity index is 2.08. The number of likely N-dealkylation sites (N-methyl/N-ethyl adjacent to an activating group) is 1. The van der Waals surface area contributed by atoms with E-state index >= 15 is 0 Å². The zero-order chi connectivity index (χ0) is 10.7. The first kappa shape index (κ1) is 10.6. The molecule has 0 spiro atoms. The van der Waals surface area contributed by atoms with Crippen LogP contribution in [0.15, 0.2) is 12.4 Å². The molecule has 0 unspecified atom stereocenters. The van der Waals surface area contributed by atoms with Gasteiger partial charge in [0.25, 0.3) is 0 Å². The monoisotopic (exact) mass is 226 g/mol. The summed E-state index contributed by atoms with van der Waals surface area (Å²) in [6, 6.07) is 2.31. The Labute approximate surface area is 94.7 Å². The number of aromatic nitrogens is 2. The van der Waals surface area contributed by atoms with Crippen molar-refractivity contribution in [3.8, 4) is 0 Å². The maximum absolute atomic E-state index is 5.83. The van der Waals surface area contributed by atoms with Gasteiger partial charge in [0, 0.05) is 25.7 Å². The smallest absolute Gasteiger partial charge is 0.134 e. The minimum Gasteiger partial charge on any atom is -0.355 e. The molecule has 1 aromatic rings. The van der Waals surface area contributed by atoms with E-state index in [1.807, 2.05) is 0 Å². The van der Waals surface area contributed by atoms with Crippen molar-refractivity contribution < 1.29 is 0 Å². The number of hydrogen-bond donors (Lipinski definition) is 1. The topological polar surface area (TPSA) is 41.1 Å². The van der Waals surface area contributed by atoms with Gasteiger partial charge >= 0.3 is 0 Å². The molecular formula is C10H15ClN4. The lowest BCUT2D eigenvalue weighted by atomic mass is 10.1. The van der Waals surface area contributed by atoms with Crippen molar-refractivity contribution in [3.63, 3.8) is 0 Å². The molecule has 0 bridgehead atoms. The summed E-state index contributed by atoms with van der Waals surface area (Å²) >= 11 is 5.83. The van der Waals surface area contributed by atoms with E-state index in [0.717, 1.165) is 18.9 Å². The number of rotatable bonds is 2. The SMILES string of the molecule is CN(c1cc(Cl)ncn1)[C@H]1CCCNC1. The predicted molar refractivity (Wildman–Crippen MR) is 61.3 cm³/mol. The molecule has 0 amide bonds. The van der Waals surface area contributed by atoms with Crippen LogP contribution in [0.25, 0.3) is 0 Å². The molecule has 5 heteroatoms. The number of nitrogens with one attached hydrogen (secondary N) is 1. The molecule has 2 rings (SSSR count). The van der Waals surface area contributed by atoms with Crippen molar-refractivity contribution in [3.05, 3.63) is 17.5 Å². The summed E-state index contributed by atoms with van der Waals surface area (Å²) in [6.45, 7) is 2.13. The molecule has 1 N–H and O–H groups in total. The van der Waals surface area contributed by atoms with Gasteiger partial charge in [-0.3, -0.25) is 0 Å². The van der Waals surface area contributed by atoms with Gasteiger partial charge in [0.1, 0.15) is 17.3 Å². The van der Waals surface area contributed by atoms with Crippen LogP contribution in [0.3, 0.4) is 0 Å². The third kappa shape index (κ3) is 2.58. The molecule has 1 aliphatic heterocycles. The van der Waals surface area contributed by atoms with Gasteiger partial charge in [0.2, 0.25) is 0 Å². The molecule has 1 fully saturated rings. The molecule has 1 aliphatic rings. The van der Waals surface area contributed by atoms with Crippen molar-refractivity contribution in [2.24, 2.45) is 0 Å². The van der Waals surface area contributed by atoms with E-state index in [2.05, 4.69) is 27.2 Å². The normalized spacial score (nSPS) is 21.3. The van der Waals surface area contributed by atoms with E-state index in [-0.39, 0.29) is 0 Å². The van der Waals surface area contributed by atoms with Gasteiger partial charge < -0.3 is 10.2 Å². The van der Waals surface area contributed by atoms with E-state index in [1.54, 1.807) is 6.07 Å². The van der Waals surface area contributed by atoms with Crippen LogP contribution in [-0.2, 0) is 0 Å². The fourth-order valence-electron chi connectivity index (χ4n) is 1.87. The van der Waals surface area contributed by atoms with Crippen LogP contribution in [0.4, 0.5) is 5.82 Å². The van der Waals surface area contributed by atoms with Crippen molar-refractivity contribution in [1.82, 2.24) is 15.3 Å². The Morgan fingerprint density at radius 3 is 3.07 bits per heavy atom. The highest BCUT2D eigenvalue weighted by molar-refractivity contribution is 6.29. The van der Waals surface area contributed by atoms with E-state index in [4.69, 9.17) is 11.6 Å². The highest BCUT2D eigenvalue weighted by Crippen LogP contribution is 2.18. The molecule has 0 radical (unpaired) electrons. The van der Waals surface area contributed by atoms with Crippen LogP contribution in [0.1, 0.15) is 12.8 Å². The molecule has 1 aromatic heterocycles. The number of anilines is 1. The van der Waals surface area contributed by atoms with Crippen LogP contribution < -0.4 is 10.2 Å². The standard InChI is InChI=1S/C10H15ClN4/c1-15(8-3-2-4-12-6-8)10-5-9(11)13-7-14-10/h5,7-8,12H,2-4,6H2,1H3/t8-/m0/s1. The number of halogens is 1. The average molecular weight is 227 g/mol. The second-order valence-electron chi connectivity index (χ2n) is 3.81. The zero-order valence-corrected chi connectivity index (χ0v) is 9.54. The summed E-state index contributed by atoms with van der Waals surface area (Å²) in [4.78, 5) is 10.3. The quantitative estimate of drug-likeness (QED) is 0.773. The fraction of sp³-hybridized carbons (Fsp3) is 0.600. The van der Waals surface area contributed by atoms with Crippen LogP contribution >= 0.6 is 11.6 Å². The molecule has 2 heterocycles. The zero-order valence-electron chi connectivity index (χ0n) is 8.78. The van der Waals surface area contributed by atoms with Gasteiger partial charge in [-0.25, -0.2) is 9.97 Å². The molecule has 4 nitrogen and oxygen atoms in total. The van der Waals surface area contributed by atoms with Crippen molar-refractivity contribution >= 4 is 17.4 Å². The van der Waals surface area contributed by atoms with Gasteiger partial charge in [-0.1, -0.05) is 11.6 Å². The highest BCUT2D eigenvalue weighted by atomic mass is 35.5. The first-order chi connectivity index (χ1) is 7.27. The maximum Gasteiger partial charge on any atom is 0.134 e. The summed E-state index contributed by atoms with van der Waals surface area (Å²) in [5.74, 6) is 0.892. The van der Waals surface area contributed by atoms with Crippen molar-refractivity contribution in [2.75, 3.05) is 25.0 Å². The maximum atomic E-state index is 5.83. The summed E-state index contributed by atoms with van der Waals surface area (Å²) < 4.78 is 0. The van der Waals surface area contributed by atoms with E-state index in [9.17, 15) is 0 Å². The summed E-state index contributed by atoms with van der Waals surface area (Å²) in [7, 11) is 2.05. The third-order valence-corrected chi connectivity index (χ3v) is 3.01. The molecule has 82 valence electrons. The minimum atomic E-state index is 0.496. The van der Waals surface area contributed by atoms with Crippen LogP contribution in [0.5, 0.6) is 0 Å².